The molecule has 2 atom stereocenters. The Morgan fingerprint density at radius 1 is 0.724 bits per heavy atom. The molecular formula is C27H42N2. The van der Waals surface area contributed by atoms with E-state index >= 15 is 0 Å². The molecule has 0 aliphatic heterocycles. The SMILES string of the molecule is NC1CCCCC1NCC1=CC=C(C2=CC=C(CCC3CCCCC3)CC2)CC1. The van der Waals surface area contributed by atoms with E-state index in [0.29, 0.717) is 12.1 Å². The van der Waals surface area contributed by atoms with E-state index in [9.17, 15) is 0 Å². The Balaban J connectivity index is 1.24. The fraction of sp³-hybridized carbons (Fsp3) is 0.704. The van der Waals surface area contributed by atoms with E-state index in [2.05, 4.69) is 29.6 Å². The van der Waals surface area contributed by atoms with Gasteiger partial charge in [-0.25, -0.2) is 0 Å². The number of hydrogen-bond donors (Lipinski definition) is 2. The fourth-order valence-electron chi connectivity index (χ4n) is 5.79. The molecule has 160 valence electrons. The maximum absolute atomic E-state index is 6.28. The van der Waals surface area contributed by atoms with Crippen molar-refractivity contribution in [1.82, 2.24) is 5.32 Å². The zero-order valence-electron chi connectivity index (χ0n) is 18.4. The van der Waals surface area contributed by atoms with Gasteiger partial charge in [-0.1, -0.05) is 80.4 Å². The third kappa shape index (κ3) is 6.18. The van der Waals surface area contributed by atoms with Gasteiger partial charge in [-0.3, -0.25) is 0 Å². The van der Waals surface area contributed by atoms with Gasteiger partial charge < -0.3 is 11.1 Å². The molecule has 4 rings (SSSR count). The highest BCUT2D eigenvalue weighted by Gasteiger charge is 2.22. The van der Waals surface area contributed by atoms with Crippen molar-refractivity contribution in [2.75, 3.05) is 6.54 Å². The Labute approximate surface area is 178 Å². The van der Waals surface area contributed by atoms with Crippen molar-refractivity contribution in [3.63, 3.8) is 0 Å². The lowest BCUT2D eigenvalue weighted by Gasteiger charge is -2.30. The topological polar surface area (TPSA) is 38.0 Å². The summed E-state index contributed by atoms with van der Waals surface area (Å²) >= 11 is 0. The van der Waals surface area contributed by atoms with Gasteiger partial charge in [-0.15, -0.1) is 0 Å². The van der Waals surface area contributed by atoms with Crippen LogP contribution in [0.25, 0.3) is 0 Å². The first kappa shape index (κ1) is 21.1. The molecule has 2 heteroatoms. The molecule has 0 aromatic carbocycles. The van der Waals surface area contributed by atoms with Crippen molar-refractivity contribution in [2.45, 2.75) is 108 Å². The van der Waals surface area contributed by atoms with Gasteiger partial charge in [0.05, 0.1) is 0 Å². The number of hydrogen-bond acceptors (Lipinski definition) is 2. The molecule has 0 spiro atoms. The Hall–Kier alpha value is -1.12. The van der Waals surface area contributed by atoms with Crippen LogP contribution < -0.4 is 11.1 Å². The molecule has 2 saturated carbocycles. The molecule has 2 nitrogen and oxygen atoms in total. The number of rotatable bonds is 7. The first-order chi connectivity index (χ1) is 14.3. The minimum Gasteiger partial charge on any atom is -0.326 e. The molecule has 29 heavy (non-hydrogen) atoms. The first-order valence-corrected chi connectivity index (χ1v) is 12.5. The molecule has 0 aromatic rings. The van der Waals surface area contributed by atoms with E-state index in [4.69, 9.17) is 5.73 Å². The first-order valence-electron chi connectivity index (χ1n) is 12.5. The smallest absolute Gasteiger partial charge is 0.0222 e. The third-order valence-electron chi connectivity index (χ3n) is 7.89. The van der Waals surface area contributed by atoms with Gasteiger partial charge in [0.15, 0.2) is 0 Å². The van der Waals surface area contributed by atoms with E-state index < -0.39 is 0 Å². The standard InChI is InChI=1S/C27H42N2/c28-26-8-4-5-9-27(26)29-20-23-14-18-25(19-15-23)24-16-12-22(13-17-24)11-10-21-6-2-1-3-7-21/h12,14,16,18,21,26-27,29H,1-11,13,15,17,19-20,28H2. The summed E-state index contributed by atoms with van der Waals surface area (Å²) in [4.78, 5) is 0. The van der Waals surface area contributed by atoms with Crippen molar-refractivity contribution < 1.29 is 0 Å². The minimum absolute atomic E-state index is 0.352. The normalized spacial score (nSPS) is 29.0. The van der Waals surface area contributed by atoms with E-state index in [-0.39, 0.29) is 0 Å². The van der Waals surface area contributed by atoms with Crippen molar-refractivity contribution in [3.05, 3.63) is 46.6 Å². The van der Waals surface area contributed by atoms with Crippen LogP contribution in [-0.4, -0.2) is 18.6 Å². The molecule has 4 aliphatic rings. The quantitative estimate of drug-likeness (QED) is 0.517. The molecule has 0 bridgehead atoms. The molecule has 0 amide bonds. The Morgan fingerprint density at radius 3 is 2.03 bits per heavy atom. The van der Waals surface area contributed by atoms with E-state index in [1.807, 2.05) is 0 Å². The molecular weight excluding hydrogens is 352 g/mol. The second-order valence-electron chi connectivity index (χ2n) is 10.0. The highest BCUT2D eigenvalue weighted by atomic mass is 15.0. The summed E-state index contributed by atoms with van der Waals surface area (Å²) in [6, 6.07) is 0.874. The zero-order chi connectivity index (χ0) is 19.9. The number of nitrogens with two attached hydrogens (primary N) is 1. The molecule has 0 heterocycles. The highest BCUT2D eigenvalue weighted by Crippen LogP contribution is 2.34. The van der Waals surface area contributed by atoms with Crippen LogP contribution in [0, 0.1) is 5.92 Å². The van der Waals surface area contributed by atoms with Gasteiger partial charge in [0.2, 0.25) is 0 Å². The predicted molar refractivity (Wildman–Crippen MR) is 125 cm³/mol. The maximum atomic E-state index is 6.28. The molecule has 4 aliphatic carbocycles. The monoisotopic (exact) mass is 394 g/mol. The molecule has 0 aromatic heterocycles. The lowest BCUT2D eigenvalue weighted by molar-refractivity contribution is 0.334. The summed E-state index contributed by atoms with van der Waals surface area (Å²) in [5.74, 6) is 1.01. The average molecular weight is 395 g/mol. The average Bonchev–Trinajstić information content (AvgIpc) is 2.79. The summed E-state index contributed by atoms with van der Waals surface area (Å²) in [6.07, 6.45) is 29.8. The van der Waals surface area contributed by atoms with Crippen LogP contribution in [-0.2, 0) is 0 Å². The lowest BCUT2D eigenvalue weighted by atomic mass is 9.82. The molecule has 3 N–H and O–H groups in total. The second kappa shape index (κ2) is 10.8. The minimum atomic E-state index is 0.352. The largest absolute Gasteiger partial charge is 0.326 e. The molecule has 0 saturated heterocycles. The van der Waals surface area contributed by atoms with Crippen LogP contribution in [0.15, 0.2) is 46.6 Å². The van der Waals surface area contributed by atoms with Crippen molar-refractivity contribution in [3.8, 4) is 0 Å². The summed E-state index contributed by atoms with van der Waals surface area (Å²) in [6.45, 7) is 1.02. The Morgan fingerprint density at radius 2 is 1.38 bits per heavy atom. The van der Waals surface area contributed by atoms with E-state index in [1.165, 1.54) is 96.3 Å². The van der Waals surface area contributed by atoms with Gasteiger partial charge in [0, 0.05) is 18.6 Å². The van der Waals surface area contributed by atoms with Crippen LogP contribution in [0.2, 0.25) is 0 Å². The maximum Gasteiger partial charge on any atom is 0.0222 e. The van der Waals surface area contributed by atoms with E-state index in [1.54, 1.807) is 22.3 Å². The second-order valence-corrected chi connectivity index (χ2v) is 10.0. The molecule has 0 radical (unpaired) electrons. The van der Waals surface area contributed by atoms with Crippen LogP contribution >= 0.6 is 0 Å². The summed E-state index contributed by atoms with van der Waals surface area (Å²) in [5, 5.41) is 3.74. The van der Waals surface area contributed by atoms with Crippen molar-refractivity contribution >= 4 is 0 Å². The van der Waals surface area contributed by atoms with Crippen LogP contribution in [0.1, 0.15) is 96.3 Å². The number of nitrogens with one attached hydrogen (secondary N) is 1. The zero-order valence-corrected chi connectivity index (χ0v) is 18.4. The Bertz CT molecular complexity index is 660. The summed E-state index contributed by atoms with van der Waals surface area (Å²) < 4.78 is 0. The highest BCUT2D eigenvalue weighted by molar-refractivity contribution is 5.42. The Kier molecular flexibility index (Phi) is 7.85. The molecule has 2 unspecified atom stereocenters. The van der Waals surface area contributed by atoms with E-state index in [0.717, 1.165) is 12.5 Å². The number of allylic oxidation sites excluding steroid dienone is 7. The van der Waals surface area contributed by atoms with Gasteiger partial charge in [-0.2, -0.15) is 0 Å². The summed E-state index contributed by atoms with van der Waals surface area (Å²) in [5.41, 5.74) is 12.7. The van der Waals surface area contributed by atoms with Gasteiger partial charge in [0.1, 0.15) is 0 Å². The van der Waals surface area contributed by atoms with Gasteiger partial charge in [-0.05, 0) is 68.4 Å². The molecule has 2 fully saturated rings. The van der Waals surface area contributed by atoms with Crippen molar-refractivity contribution in [1.29, 1.82) is 0 Å². The van der Waals surface area contributed by atoms with Crippen LogP contribution in [0.5, 0.6) is 0 Å². The van der Waals surface area contributed by atoms with Crippen LogP contribution in [0.3, 0.4) is 0 Å². The predicted octanol–water partition coefficient (Wildman–Crippen LogP) is 6.50. The van der Waals surface area contributed by atoms with Crippen molar-refractivity contribution in [2.24, 2.45) is 11.7 Å². The van der Waals surface area contributed by atoms with Crippen LogP contribution in [0.4, 0.5) is 0 Å². The fourth-order valence-corrected chi connectivity index (χ4v) is 5.79. The van der Waals surface area contributed by atoms with Gasteiger partial charge in [0.25, 0.3) is 0 Å². The third-order valence-corrected chi connectivity index (χ3v) is 7.89. The van der Waals surface area contributed by atoms with Gasteiger partial charge >= 0.3 is 0 Å². The summed E-state index contributed by atoms with van der Waals surface area (Å²) in [7, 11) is 0. The lowest BCUT2D eigenvalue weighted by Crippen LogP contribution is -2.47.